The van der Waals surface area contributed by atoms with Crippen molar-refractivity contribution in [3.05, 3.63) is 35.9 Å². The average Bonchev–Trinajstić information content (AvgIpc) is 2.59. The molecule has 1 aliphatic rings. The minimum Gasteiger partial charge on any atom is -0.379 e. The molecule has 2 rings (SSSR count). The topological polar surface area (TPSA) is 48.9 Å². The number of nitrogens with zero attached hydrogens (tertiary/aromatic N) is 2. The molecule has 2 N–H and O–H groups in total. The van der Waals surface area contributed by atoms with Gasteiger partial charge in [0.25, 0.3) is 0 Å². The summed E-state index contributed by atoms with van der Waals surface area (Å²) in [5, 5.41) is 6.78. The second-order valence-electron chi connectivity index (χ2n) is 5.65. The molecule has 23 heavy (non-hydrogen) atoms. The number of halogens is 1. The van der Waals surface area contributed by atoms with Crippen molar-refractivity contribution < 1.29 is 4.74 Å². The fourth-order valence-electron chi connectivity index (χ4n) is 2.53. The van der Waals surface area contributed by atoms with Gasteiger partial charge in [0.1, 0.15) is 0 Å². The van der Waals surface area contributed by atoms with E-state index in [1.54, 1.807) is 0 Å². The van der Waals surface area contributed by atoms with Gasteiger partial charge in [0.05, 0.1) is 13.2 Å². The molecule has 0 amide bonds. The van der Waals surface area contributed by atoms with Gasteiger partial charge in [-0.2, -0.15) is 0 Å². The highest BCUT2D eigenvalue weighted by Gasteiger charge is 2.10. The fourth-order valence-corrected chi connectivity index (χ4v) is 2.53. The number of rotatable bonds is 6. The van der Waals surface area contributed by atoms with Gasteiger partial charge < -0.3 is 15.4 Å². The van der Waals surface area contributed by atoms with Crippen molar-refractivity contribution in [1.29, 1.82) is 0 Å². The van der Waals surface area contributed by atoms with E-state index in [0.717, 1.165) is 51.9 Å². The van der Waals surface area contributed by atoms with Crippen molar-refractivity contribution in [2.24, 2.45) is 4.99 Å². The number of ether oxygens (including phenoxy) is 1. The van der Waals surface area contributed by atoms with Gasteiger partial charge in [0.15, 0.2) is 5.96 Å². The smallest absolute Gasteiger partial charge is 0.191 e. The summed E-state index contributed by atoms with van der Waals surface area (Å²) in [6, 6.07) is 10.6. The van der Waals surface area contributed by atoms with Crippen LogP contribution < -0.4 is 10.6 Å². The molecular formula is C17H29IN4O. The molecule has 1 aromatic rings. The number of hydrogen-bond acceptors (Lipinski definition) is 3. The Morgan fingerprint density at radius 2 is 1.91 bits per heavy atom. The first-order valence-electron chi connectivity index (χ1n) is 8.09. The first-order valence-corrected chi connectivity index (χ1v) is 8.09. The molecule has 130 valence electrons. The molecule has 5 nitrogen and oxygen atoms in total. The van der Waals surface area contributed by atoms with Crippen LogP contribution in [0.3, 0.4) is 0 Å². The lowest BCUT2D eigenvalue weighted by atomic mass is 10.0. The summed E-state index contributed by atoms with van der Waals surface area (Å²) < 4.78 is 5.36. The van der Waals surface area contributed by atoms with Crippen LogP contribution in [0.4, 0.5) is 0 Å². The highest BCUT2D eigenvalue weighted by atomic mass is 127. The Morgan fingerprint density at radius 1 is 1.22 bits per heavy atom. The van der Waals surface area contributed by atoms with Crippen LogP contribution in [-0.2, 0) is 4.74 Å². The molecule has 1 aliphatic heterocycles. The Morgan fingerprint density at radius 3 is 2.57 bits per heavy atom. The number of aliphatic imine (C=N–C) groups is 1. The molecule has 6 heteroatoms. The predicted octanol–water partition coefficient (Wildman–Crippen LogP) is 1.91. The molecule has 1 fully saturated rings. The van der Waals surface area contributed by atoms with Gasteiger partial charge in [-0.05, 0) is 11.5 Å². The van der Waals surface area contributed by atoms with Crippen LogP contribution >= 0.6 is 24.0 Å². The maximum Gasteiger partial charge on any atom is 0.191 e. The van der Waals surface area contributed by atoms with E-state index in [-0.39, 0.29) is 24.0 Å². The summed E-state index contributed by atoms with van der Waals surface area (Å²) in [5.41, 5.74) is 1.35. The summed E-state index contributed by atoms with van der Waals surface area (Å²) in [6.07, 6.45) is 0. The van der Waals surface area contributed by atoms with E-state index in [0.29, 0.717) is 5.92 Å². The van der Waals surface area contributed by atoms with E-state index in [2.05, 4.69) is 57.8 Å². The summed E-state index contributed by atoms with van der Waals surface area (Å²) >= 11 is 0. The zero-order valence-corrected chi connectivity index (χ0v) is 16.5. The molecule has 1 atom stereocenters. The van der Waals surface area contributed by atoms with E-state index < -0.39 is 0 Å². The van der Waals surface area contributed by atoms with Gasteiger partial charge in [-0.1, -0.05) is 37.3 Å². The maximum atomic E-state index is 5.36. The summed E-state index contributed by atoms with van der Waals surface area (Å²) in [5.74, 6) is 1.33. The van der Waals surface area contributed by atoms with Crippen LogP contribution in [0.1, 0.15) is 18.4 Å². The lowest BCUT2D eigenvalue weighted by molar-refractivity contribution is 0.0389. The van der Waals surface area contributed by atoms with Gasteiger partial charge in [-0.3, -0.25) is 9.89 Å². The van der Waals surface area contributed by atoms with Crippen LogP contribution in [-0.4, -0.2) is 63.8 Å². The summed E-state index contributed by atoms with van der Waals surface area (Å²) in [4.78, 5) is 6.70. The van der Waals surface area contributed by atoms with Gasteiger partial charge >= 0.3 is 0 Å². The molecular weight excluding hydrogens is 403 g/mol. The van der Waals surface area contributed by atoms with Crippen molar-refractivity contribution in [3.8, 4) is 0 Å². The number of guanidine groups is 1. The average molecular weight is 432 g/mol. The Hall–Kier alpha value is -0.860. The summed E-state index contributed by atoms with van der Waals surface area (Å²) in [6.45, 7) is 8.78. The standard InChI is InChI=1S/C17H28N4O.HI/c1-15(16-6-4-3-5-7-16)14-20-17(18-2)19-8-9-21-10-12-22-13-11-21;/h3-7,15H,8-14H2,1-2H3,(H2,18,19,20);1H. The van der Waals surface area contributed by atoms with Crippen LogP contribution in [0.2, 0.25) is 0 Å². The molecule has 0 aromatic heterocycles. The second kappa shape index (κ2) is 11.6. The highest BCUT2D eigenvalue weighted by Crippen LogP contribution is 2.12. The number of morpholine rings is 1. The minimum absolute atomic E-state index is 0. The van der Waals surface area contributed by atoms with Crippen molar-refractivity contribution in [2.75, 3.05) is 53.0 Å². The van der Waals surface area contributed by atoms with E-state index in [1.165, 1.54) is 5.56 Å². The van der Waals surface area contributed by atoms with Crippen LogP contribution in [0.15, 0.2) is 35.3 Å². The first kappa shape index (κ1) is 20.2. The van der Waals surface area contributed by atoms with Gasteiger partial charge in [-0.25, -0.2) is 0 Å². The van der Waals surface area contributed by atoms with Crippen molar-refractivity contribution in [3.63, 3.8) is 0 Å². The van der Waals surface area contributed by atoms with E-state index >= 15 is 0 Å². The summed E-state index contributed by atoms with van der Waals surface area (Å²) in [7, 11) is 1.82. The molecule has 0 aliphatic carbocycles. The molecule has 1 heterocycles. The third kappa shape index (κ3) is 7.50. The molecule has 1 saturated heterocycles. The minimum atomic E-state index is 0. The molecule has 0 bridgehead atoms. The predicted molar refractivity (Wildman–Crippen MR) is 107 cm³/mol. The maximum absolute atomic E-state index is 5.36. The second-order valence-corrected chi connectivity index (χ2v) is 5.65. The largest absolute Gasteiger partial charge is 0.379 e. The monoisotopic (exact) mass is 432 g/mol. The Balaban J connectivity index is 0.00000264. The SMILES string of the molecule is CN=C(NCCN1CCOCC1)NCC(C)c1ccccc1.I. The number of benzene rings is 1. The molecule has 0 saturated carbocycles. The molecule has 1 aromatic carbocycles. The Bertz CT molecular complexity index is 449. The van der Waals surface area contributed by atoms with Gasteiger partial charge in [0.2, 0.25) is 0 Å². The molecule has 0 radical (unpaired) electrons. The van der Waals surface area contributed by atoms with Crippen molar-refractivity contribution in [2.45, 2.75) is 12.8 Å². The number of nitrogens with one attached hydrogen (secondary N) is 2. The quantitative estimate of drug-likeness (QED) is 0.410. The molecule has 1 unspecified atom stereocenters. The van der Waals surface area contributed by atoms with Gasteiger partial charge in [0, 0.05) is 39.8 Å². The Labute approximate surface area is 156 Å². The Kier molecular flexibility index (Phi) is 10.2. The zero-order valence-electron chi connectivity index (χ0n) is 14.1. The fraction of sp³-hybridized carbons (Fsp3) is 0.588. The van der Waals surface area contributed by atoms with Crippen molar-refractivity contribution in [1.82, 2.24) is 15.5 Å². The van der Waals surface area contributed by atoms with E-state index in [1.807, 2.05) is 7.05 Å². The van der Waals surface area contributed by atoms with Crippen molar-refractivity contribution >= 4 is 29.9 Å². The number of hydrogen-bond donors (Lipinski definition) is 2. The highest BCUT2D eigenvalue weighted by molar-refractivity contribution is 14.0. The third-order valence-electron chi connectivity index (χ3n) is 3.99. The van der Waals surface area contributed by atoms with E-state index in [9.17, 15) is 0 Å². The van der Waals surface area contributed by atoms with Crippen LogP contribution in [0.5, 0.6) is 0 Å². The molecule has 0 spiro atoms. The van der Waals surface area contributed by atoms with Crippen LogP contribution in [0, 0.1) is 0 Å². The normalized spacial score (nSPS) is 17.2. The van der Waals surface area contributed by atoms with E-state index in [4.69, 9.17) is 4.74 Å². The third-order valence-corrected chi connectivity index (χ3v) is 3.99. The van der Waals surface area contributed by atoms with Crippen LogP contribution in [0.25, 0.3) is 0 Å². The lowest BCUT2D eigenvalue weighted by Gasteiger charge is -2.26. The first-order chi connectivity index (χ1) is 10.8. The van der Waals surface area contributed by atoms with Gasteiger partial charge in [-0.15, -0.1) is 24.0 Å². The lowest BCUT2D eigenvalue weighted by Crippen LogP contribution is -2.45. The zero-order chi connectivity index (χ0) is 15.6.